The number of hydrogen-bond acceptors (Lipinski definition) is 4. The quantitative estimate of drug-likeness (QED) is 0.725. The highest BCUT2D eigenvalue weighted by atomic mass is 35.5. The Balaban J connectivity index is 0.00000243. The number of ether oxygens (including phenoxy) is 2. The summed E-state index contributed by atoms with van der Waals surface area (Å²) in [5.41, 5.74) is 2.18. The third-order valence-corrected chi connectivity index (χ3v) is 4.83. The number of hydrogen-bond donors (Lipinski definition) is 1. The summed E-state index contributed by atoms with van der Waals surface area (Å²) in [7, 11) is 1.67. The summed E-state index contributed by atoms with van der Waals surface area (Å²) < 4.78 is 11.4. The molecule has 0 spiro atoms. The van der Waals surface area contributed by atoms with Gasteiger partial charge in [-0.15, -0.1) is 0 Å². The van der Waals surface area contributed by atoms with E-state index < -0.39 is 0 Å². The zero-order valence-electron chi connectivity index (χ0n) is 15.0. The minimum absolute atomic E-state index is 0. The second-order valence-electron chi connectivity index (χ2n) is 6.48. The van der Waals surface area contributed by atoms with Crippen LogP contribution in [0.5, 0.6) is 11.5 Å². The van der Waals surface area contributed by atoms with Gasteiger partial charge in [-0.3, -0.25) is 0 Å². The lowest BCUT2D eigenvalue weighted by Crippen LogP contribution is -3.00. The van der Waals surface area contributed by atoms with E-state index in [0.717, 1.165) is 23.6 Å². The normalized spacial score (nSPS) is 14.5. The van der Waals surface area contributed by atoms with E-state index >= 15 is 0 Å². The monoisotopic (exact) mass is 395 g/mol. The molecule has 1 aromatic heterocycles. The highest BCUT2D eigenvalue weighted by Gasteiger charge is 2.13. The van der Waals surface area contributed by atoms with E-state index in [1.807, 2.05) is 18.2 Å². The molecule has 3 rings (SSSR count). The fraction of sp³-hybridized carbons (Fsp3) is 0.450. The van der Waals surface area contributed by atoms with Crippen molar-refractivity contribution >= 4 is 11.6 Å². The number of benzene rings is 1. The van der Waals surface area contributed by atoms with Crippen LogP contribution in [0, 0.1) is 0 Å². The van der Waals surface area contributed by atoms with Gasteiger partial charge < -0.3 is 27.2 Å². The zero-order valence-corrected chi connectivity index (χ0v) is 16.5. The molecule has 0 saturated heterocycles. The second kappa shape index (κ2) is 10.6. The number of pyridine rings is 1. The Morgan fingerprint density at radius 3 is 2.54 bits per heavy atom. The Bertz CT molecular complexity index is 674. The summed E-state index contributed by atoms with van der Waals surface area (Å²) in [4.78, 5) is 4.06. The number of nitrogens with zero attached hydrogens (tertiary/aromatic N) is 1. The standard InChI is InChI=1S/C20H25ClN2O2.ClH/c1-24-19-11-15(12-22-17-5-3-2-4-6-17)7-9-18(19)25-14-16-8-10-20(21)23-13-16;/h7-11,13,17,22H,2-6,12,14H2,1H3;1H/p-1. The maximum absolute atomic E-state index is 5.87. The third kappa shape index (κ3) is 6.04. The van der Waals surface area contributed by atoms with E-state index in [1.165, 1.54) is 37.7 Å². The third-order valence-electron chi connectivity index (χ3n) is 4.61. The highest BCUT2D eigenvalue weighted by Crippen LogP contribution is 2.29. The summed E-state index contributed by atoms with van der Waals surface area (Å²) in [6.45, 7) is 1.29. The van der Waals surface area contributed by atoms with Crippen LogP contribution in [-0.4, -0.2) is 18.1 Å². The molecule has 0 bridgehead atoms. The van der Waals surface area contributed by atoms with Gasteiger partial charge in [0.05, 0.1) is 7.11 Å². The summed E-state index contributed by atoms with van der Waals surface area (Å²) in [5, 5.41) is 4.14. The van der Waals surface area contributed by atoms with Gasteiger partial charge in [0, 0.05) is 24.3 Å². The SMILES string of the molecule is COc1cc(CNC2CCCCC2)ccc1OCc1ccc(Cl)nc1.[Cl-]. The predicted molar refractivity (Wildman–Crippen MR) is 100 cm³/mol. The van der Waals surface area contributed by atoms with Gasteiger partial charge >= 0.3 is 0 Å². The molecule has 2 aromatic rings. The van der Waals surface area contributed by atoms with Crippen molar-refractivity contribution in [2.45, 2.75) is 51.3 Å². The molecule has 0 aliphatic heterocycles. The van der Waals surface area contributed by atoms with Gasteiger partial charge in [-0.25, -0.2) is 4.98 Å². The fourth-order valence-corrected chi connectivity index (χ4v) is 3.27. The van der Waals surface area contributed by atoms with E-state index in [2.05, 4.69) is 16.4 Å². The molecule has 1 saturated carbocycles. The number of halogens is 2. The maximum Gasteiger partial charge on any atom is 0.161 e. The van der Waals surface area contributed by atoms with Crippen LogP contribution in [0.25, 0.3) is 0 Å². The molecule has 0 amide bonds. The van der Waals surface area contributed by atoms with E-state index in [0.29, 0.717) is 17.8 Å². The number of nitrogens with one attached hydrogen (secondary N) is 1. The van der Waals surface area contributed by atoms with Gasteiger partial charge in [0.15, 0.2) is 11.5 Å². The smallest absolute Gasteiger partial charge is 0.161 e. The fourth-order valence-electron chi connectivity index (χ4n) is 3.16. The minimum Gasteiger partial charge on any atom is -1.00 e. The van der Waals surface area contributed by atoms with Crippen molar-refractivity contribution in [1.29, 1.82) is 0 Å². The molecule has 0 atom stereocenters. The lowest BCUT2D eigenvalue weighted by atomic mass is 9.95. The molecule has 1 heterocycles. The number of aromatic nitrogens is 1. The Morgan fingerprint density at radius 1 is 1.08 bits per heavy atom. The van der Waals surface area contributed by atoms with Crippen LogP contribution >= 0.6 is 11.6 Å². The van der Waals surface area contributed by atoms with Crippen molar-refractivity contribution in [3.63, 3.8) is 0 Å². The lowest BCUT2D eigenvalue weighted by Gasteiger charge is -2.23. The summed E-state index contributed by atoms with van der Waals surface area (Å²) in [6, 6.07) is 10.4. The molecule has 0 unspecified atom stereocenters. The summed E-state index contributed by atoms with van der Waals surface area (Å²) in [5.74, 6) is 1.49. The molecule has 1 aliphatic rings. The first-order valence-electron chi connectivity index (χ1n) is 8.88. The molecule has 142 valence electrons. The molecule has 4 nitrogen and oxygen atoms in total. The molecule has 26 heavy (non-hydrogen) atoms. The van der Waals surface area contributed by atoms with Gasteiger partial charge in [0.25, 0.3) is 0 Å². The van der Waals surface area contributed by atoms with Crippen molar-refractivity contribution in [1.82, 2.24) is 10.3 Å². The number of methoxy groups -OCH3 is 1. The minimum atomic E-state index is 0. The Kier molecular flexibility index (Phi) is 8.49. The van der Waals surface area contributed by atoms with Gasteiger partial charge in [-0.05, 0) is 36.6 Å². The second-order valence-corrected chi connectivity index (χ2v) is 6.87. The molecule has 1 fully saturated rings. The molecule has 1 aromatic carbocycles. The first-order chi connectivity index (χ1) is 12.2. The summed E-state index contributed by atoms with van der Waals surface area (Å²) >= 11 is 5.80. The molecule has 0 radical (unpaired) electrons. The van der Waals surface area contributed by atoms with Gasteiger partial charge in [0.1, 0.15) is 11.8 Å². The van der Waals surface area contributed by atoms with Gasteiger partial charge in [-0.2, -0.15) is 0 Å². The van der Waals surface area contributed by atoms with Gasteiger partial charge in [-0.1, -0.05) is 43.0 Å². The van der Waals surface area contributed by atoms with Crippen LogP contribution in [-0.2, 0) is 13.2 Å². The predicted octanol–water partition coefficient (Wildman–Crippen LogP) is 1.75. The molecule has 1 N–H and O–H groups in total. The average molecular weight is 396 g/mol. The van der Waals surface area contributed by atoms with Crippen LogP contribution in [0.4, 0.5) is 0 Å². The lowest BCUT2D eigenvalue weighted by molar-refractivity contribution is -0.00000575. The largest absolute Gasteiger partial charge is 1.00 e. The first kappa shape index (κ1) is 20.8. The van der Waals surface area contributed by atoms with E-state index in [1.54, 1.807) is 19.4 Å². The van der Waals surface area contributed by atoms with Crippen molar-refractivity contribution in [2.24, 2.45) is 0 Å². The van der Waals surface area contributed by atoms with Crippen LogP contribution in [0.1, 0.15) is 43.2 Å². The van der Waals surface area contributed by atoms with Crippen LogP contribution in [0.2, 0.25) is 5.15 Å². The van der Waals surface area contributed by atoms with E-state index in [9.17, 15) is 0 Å². The average Bonchev–Trinajstić information content (AvgIpc) is 2.67. The van der Waals surface area contributed by atoms with Gasteiger partial charge in [0.2, 0.25) is 0 Å². The molecular weight excluding hydrogens is 371 g/mol. The molecule has 1 aliphatic carbocycles. The molecular formula is C20H25Cl2N2O2-. The zero-order chi connectivity index (χ0) is 17.5. The first-order valence-corrected chi connectivity index (χ1v) is 9.26. The summed E-state index contributed by atoms with van der Waals surface area (Å²) in [6.07, 6.45) is 8.35. The Morgan fingerprint density at radius 2 is 1.85 bits per heavy atom. The van der Waals surface area contributed by atoms with E-state index in [-0.39, 0.29) is 12.4 Å². The number of rotatable bonds is 7. The highest BCUT2D eigenvalue weighted by molar-refractivity contribution is 6.29. The van der Waals surface area contributed by atoms with Crippen molar-refractivity contribution in [2.75, 3.05) is 7.11 Å². The van der Waals surface area contributed by atoms with Crippen LogP contribution in [0.15, 0.2) is 36.5 Å². The maximum atomic E-state index is 5.87. The van der Waals surface area contributed by atoms with Crippen LogP contribution in [0.3, 0.4) is 0 Å². The van der Waals surface area contributed by atoms with E-state index in [4.69, 9.17) is 21.1 Å². The van der Waals surface area contributed by atoms with Crippen molar-refractivity contribution in [3.8, 4) is 11.5 Å². The topological polar surface area (TPSA) is 43.4 Å². The Hall–Kier alpha value is -1.49. The van der Waals surface area contributed by atoms with Crippen LogP contribution < -0.4 is 27.2 Å². The Labute approximate surface area is 166 Å². The van der Waals surface area contributed by atoms with Crippen molar-refractivity contribution < 1.29 is 21.9 Å². The molecule has 6 heteroatoms. The van der Waals surface area contributed by atoms with Crippen molar-refractivity contribution in [3.05, 3.63) is 52.8 Å².